The third-order valence-corrected chi connectivity index (χ3v) is 4.33. The van der Waals surface area contributed by atoms with Crippen molar-refractivity contribution < 1.29 is 0 Å². The SMILES string of the molecule is CCCNCc1c(C)nn(C)c1N1CC(C)C(C)C1. The van der Waals surface area contributed by atoms with Crippen LogP contribution in [-0.2, 0) is 13.6 Å². The summed E-state index contributed by atoms with van der Waals surface area (Å²) in [5.41, 5.74) is 2.53. The molecule has 4 heteroatoms. The molecule has 1 aromatic heterocycles. The van der Waals surface area contributed by atoms with Gasteiger partial charge in [0.25, 0.3) is 0 Å². The maximum atomic E-state index is 4.62. The predicted octanol–water partition coefficient (Wildman–Crippen LogP) is 2.32. The first kappa shape index (κ1) is 14.4. The van der Waals surface area contributed by atoms with Crippen molar-refractivity contribution >= 4 is 5.82 Å². The Labute approximate surface area is 117 Å². The van der Waals surface area contributed by atoms with Gasteiger partial charge in [-0.05, 0) is 31.7 Å². The third-order valence-electron chi connectivity index (χ3n) is 4.33. The van der Waals surface area contributed by atoms with Crippen molar-refractivity contribution in [3.05, 3.63) is 11.3 Å². The number of rotatable bonds is 5. The third kappa shape index (κ3) is 2.94. The fraction of sp³-hybridized carbons (Fsp3) is 0.800. The average Bonchev–Trinajstić information content (AvgIpc) is 2.81. The van der Waals surface area contributed by atoms with E-state index >= 15 is 0 Å². The first-order valence-electron chi connectivity index (χ1n) is 7.52. The van der Waals surface area contributed by atoms with Gasteiger partial charge in [-0.3, -0.25) is 4.68 Å². The monoisotopic (exact) mass is 264 g/mol. The van der Waals surface area contributed by atoms with E-state index in [0.29, 0.717) is 0 Å². The maximum Gasteiger partial charge on any atom is 0.131 e. The highest BCUT2D eigenvalue weighted by atomic mass is 15.4. The zero-order valence-corrected chi connectivity index (χ0v) is 13.0. The van der Waals surface area contributed by atoms with Gasteiger partial charge in [0.1, 0.15) is 5.82 Å². The van der Waals surface area contributed by atoms with Crippen molar-refractivity contribution in [3.63, 3.8) is 0 Å². The molecule has 0 spiro atoms. The van der Waals surface area contributed by atoms with Crippen molar-refractivity contribution in [1.29, 1.82) is 0 Å². The summed E-state index contributed by atoms with van der Waals surface area (Å²) in [6, 6.07) is 0. The first-order chi connectivity index (χ1) is 9.04. The van der Waals surface area contributed by atoms with Crippen LogP contribution in [-0.4, -0.2) is 29.4 Å². The Kier molecular flexibility index (Phi) is 4.50. The Morgan fingerprint density at radius 1 is 1.26 bits per heavy atom. The van der Waals surface area contributed by atoms with Crippen LogP contribution < -0.4 is 10.2 Å². The minimum atomic E-state index is 0.770. The highest BCUT2D eigenvalue weighted by Gasteiger charge is 2.30. The van der Waals surface area contributed by atoms with Gasteiger partial charge in [-0.1, -0.05) is 20.8 Å². The van der Waals surface area contributed by atoms with Crippen LogP contribution in [0.2, 0.25) is 0 Å². The smallest absolute Gasteiger partial charge is 0.131 e. The average molecular weight is 264 g/mol. The van der Waals surface area contributed by atoms with Gasteiger partial charge in [0.15, 0.2) is 0 Å². The lowest BCUT2D eigenvalue weighted by atomic mass is 10.0. The van der Waals surface area contributed by atoms with E-state index in [1.807, 2.05) is 0 Å². The molecule has 4 nitrogen and oxygen atoms in total. The summed E-state index contributed by atoms with van der Waals surface area (Å²) in [7, 11) is 2.07. The van der Waals surface area contributed by atoms with Gasteiger partial charge in [0.2, 0.25) is 0 Å². The number of anilines is 1. The molecule has 1 fully saturated rings. The molecule has 1 N–H and O–H groups in total. The van der Waals surface area contributed by atoms with Crippen LogP contribution in [0.15, 0.2) is 0 Å². The fourth-order valence-corrected chi connectivity index (χ4v) is 2.99. The van der Waals surface area contributed by atoms with E-state index in [-0.39, 0.29) is 0 Å². The van der Waals surface area contributed by atoms with Gasteiger partial charge in [-0.2, -0.15) is 5.10 Å². The van der Waals surface area contributed by atoms with E-state index < -0.39 is 0 Å². The molecule has 2 rings (SSSR count). The normalized spacial score (nSPS) is 23.3. The molecule has 2 heterocycles. The Balaban J connectivity index is 2.19. The number of hydrogen-bond acceptors (Lipinski definition) is 3. The van der Waals surface area contributed by atoms with Crippen molar-refractivity contribution in [2.45, 2.75) is 40.7 Å². The molecule has 19 heavy (non-hydrogen) atoms. The number of nitrogens with zero attached hydrogens (tertiary/aromatic N) is 3. The molecule has 1 aromatic rings. The molecule has 0 saturated carbocycles. The molecule has 0 radical (unpaired) electrons. The highest BCUT2D eigenvalue weighted by molar-refractivity contribution is 5.51. The van der Waals surface area contributed by atoms with Crippen LogP contribution in [0, 0.1) is 18.8 Å². The Bertz CT molecular complexity index is 414. The van der Waals surface area contributed by atoms with Crippen molar-refractivity contribution in [2.24, 2.45) is 18.9 Å². The Morgan fingerprint density at radius 3 is 2.47 bits per heavy atom. The number of aryl methyl sites for hydroxylation is 2. The molecular formula is C15H28N4. The van der Waals surface area contributed by atoms with E-state index in [0.717, 1.165) is 43.7 Å². The summed E-state index contributed by atoms with van der Waals surface area (Å²) in [6.45, 7) is 13.3. The summed E-state index contributed by atoms with van der Waals surface area (Å²) in [4.78, 5) is 2.51. The first-order valence-corrected chi connectivity index (χ1v) is 7.52. The van der Waals surface area contributed by atoms with Crippen LogP contribution in [0.1, 0.15) is 38.4 Å². The standard InChI is InChI=1S/C15H28N4/c1-6-7-16-8-14-13(4)17-18(5)15(14)19-9-11(2)12(3)10-19/h11-12,16H,6-10H2,1-5H3. The van der Waals surface area contributed by atoms with E-state index in [2.05, 4.69) is 54.7 Å². The van der Waals surface area contributed by atoms with Gasteiger partial charge in [0.05, 0.1) is 5.69 Å². The van der Waals surface area contributed by atoms with Gasteiger partial charge in [0, 0.05) is 32.2 Å². The topological polar surface area (TPSA) is 33.1 Å². The van der Waals surface area contributed by atoms with Gasteiger partial charge >= 0.3 is 0 Å². The molecule has 2 atom stereocenters. The second kappa shape index (κ2) is 5.95. The molecule has 1 aliphatic rings. The zero-order chi connectivity index (χ0) is 14.0. The second-order valence-electron chi connectivity index (χ2n) is 6.05. The summed E-state index contributed by atoms with van der Waals surface area (Å²) >= 11 is 0. The lowest BCUT2D eigenvalue weighted by Gasteiger charge is -2.20. The van der Waals surface area contributed by atoms with Crippen LogP contribution in [0.3, 0.4) is 0 Å². The van der Waals surface area contributed by atoms with Gasteiger partial charge < -0.3 is 10.2 Å². The van der Waals surface area contributed by atoms with Crippen LogP contribution >= 0.6 is 0 Å². The van der Waals surface area contributed by atoms with Crippen molar-refractivity contribution in [1.82, 2.24) is 15.1 Å². The van der Waals surface area contributed by atoms with E-state index in [4.69, 9.17) is 0 Å². The minimum absolute atomic E-state index is 0.770. The van der Waals surface area contributed by atoms with Crippen LogP contribution in [0.5, 0.6) is 0 Å². The molecular weight excluding hydrogens is 236 g/mol. The molecule has 1 aliphatic heterocycles. The number of nitrogens with one attached hydrogen (secondary N) is 1. The largest absolute Gasteiger partial charge is 0.356 e. The van der Waals surface area contributed by atoms with E-state index in [9.17, 15) is 0 Å². The lowest BCUT2D eigenvalue weighted by Crippen LogP contribution is -2.25. The maximum absolute atomic E-state index is 4.62. The molecule has 0 bridgehead atoms. The van der Waals surface area contributed by atoms with Gasteiger partial charge in [-0.15, -0.1) is 0 Å². The van der Waals surface area contributed by atoms with Crippen molar-refractivity contribution in [2.75, 3.05) is 24.5 Å². The summed E-state index contributed by atoms with van der Waals surface area (Å²) in [5.74, 6) is 2.86. The molecule has 2 unspecified atom stereocenters. The Hall–Kier alpha value is -1.03. The zero-order valence-electron chi connectivity index (χ0n) is 13.0. The van der Waals surface area contributed by atoms with Crippen LogP contribution in [0.25, 0.3) is 0 Å². The highest BCUT2D eigenvalue weighted by Crippen LogP contribution is 2.31. The summed E-state index contributed by atoms with van der Waals surface area (Å²) < 4.78 is 2.06. The number of hydrogen-bond donors (Lipinski definition) is 1. The molecule has 1 saturated heterocycles. The van der Waals surface area contributed by atoms with Gasteiger partial charge in [-0.25, -0.2) is 0 Å². The van der Waals surface area contributed by atoms with E-state index in [1.54, 1.807) is 0 Å². The Morgan fingerprint density at radius 2 is 1.89 bits per heavy atom. The van der Waals surface area contributed by atoms with Crippen molar-refractivity contribution in [3.8, 4) is 0 Å². The second-order valence-corrected chi connectivity index (χ2v) is 6.05. The fourth-order valence-electron chi connectivity index (χ4n) is 2.99. The quantitative estimate of drug-likeness (QED) is 0.829. The summed E-state index contributed by atoms with van der Waals surface area (Å²) in [5, 5.41) is 8.13. The molecule has 0 amide bonds. The minimum Gasteiger partial charge on any atom is -0.356 e. The summed E-state index contributed by atoms with van der Waals surface area (Å²) in [6.07, 6.45) is 1.17. The molecule has 0 aliphatic carbocycles. The molecule has 0 aromatic carbocycles. The van der Waals surface area contributed by atoms with E-state index in [1.165, 1.54) is 17.8 Å². The predicted molar refractivity (Wildman–Crippen MR) is 80.5 cm³/mol. The lowest BCUT2D eigenvalue weighted by molar-refractivity contribution is 0.494. The molecule has 108 valence electrons. The van der Waals surface area contributed by atoms with Crippen LogP contribution in [0.4, 0.5) is 5.82 Å². The number of aromatic nitrogens is 2.